The van der Waals surface area contributed by atoms with Crippen LogP contribution < -0.4 is 5.32 Å². The summed E-state index contributed by atoms with van der Waals surface area (Å²) < 4.78 is 5.64. The van der Waals surface area contributed by atoms with Crippen LogP contribution in [0.3, 0.4) is 0 Å². The lowest BCUT2D eigenvalue weighted by atomic mass is 10.0. The number of hydrogen-bond acceptors (Lipinski definition) is 5. The van der Waals surface area contributed by atoms with Gasteiger partial charge in [-0.25, -0.2) is 14.8 Å². The topological polar surface area (TPSA) is 84.3 Å². The lowest BCUT2D eigenvalue weighted by Crippen LogP contribution is -2.23. The number of carboxylic acid groups (broad SMARTS) is 1. The van der Waals surface area contributed by atoms with Crippen LogP contribution in [-0.4, -0.2) is 40.3 Å². The Labute approximate surface area is 113 Å². The lowest BCUT2D eigenvalue weighted by Gasteiger charge is -2.20. The molecule has 0 aliphatic carbocycles. The Kier molecular flexibility index (Phi) is 6.21. The Morgan fingerprint density at radius 1 is 1.42 bits per heavy atom. The summed E-state index contributed by atoms with van der Waals surface area (Å²) in [4.78, 5) is 18.4. The Hall–Kier alpha value is -1.69. The molecule has 0 bridgehead atoms. The zero-order chi connectivity index (χ0) is 14.3. The molecule has 1 atom stereocenters. The molecular weight excluding hydrogens is 246 g/mol. The minimum absolute atomic E-state index is 0.0556. The molecule has 1 unspecified atom stereocenters. The zero-order valence-electron chi connectivity index (χ0n) is 11.6. The van der Waals surface area contributed by atoms with E-state index in [2.05, 4.69) is 29.1 Å². The van der Waals surface area contributed by atoms with Crippen LogP contribution in [-0.2, 0) is 4.74 Å². The Morgan fingerprint density at radius 2 is 2.16 bits per heavy atom. The highest BCUT2D eigenvalue weighted by atomic mass is 16.5. The highest BCUT2D eigenvalue weighted by Gasteiger charge is 2.12. The van der Waals surface area contributed by atoms with Crippen LogP contribution >= 0.6 is 0 Å². The number of rotatable bonds is 8. The van der Waals surface area contributed by atoms with E-state index in [4.69, 9.17) is 9.84 Å². The second-order valence-electron chi connectivity index (χ2n) is 4.55. The quantitative estimate of drug-likeness (QED) is 0.749. The molecule has 0 aliphatic rings. The number of carbonyl (C=O) groups is 1. The number of nitrogens with one attached hydrogen (secondary N) is 1. The third-order valence-electron chi connectivity index (χ3n) is 2.73. The van der Waals surface area contributed by atoms with E-state index < -0.39 is 5.97 Å². The molecule has 6 nitrogen and oxygen atoms in total. The summed E-state index contributed by atoms with van der Waals surface area (Å²) in [6.45, 7) is 7.66. The van der Waals surface area contributed by atoms with E-state index in [1.165, 1.54) is 12.4 Å². The average molecular weight is 267 g/mol. The monoisotopic (exact) mass is 267 g/mol. The first-order valence-corrected chi connectivity index (χ1v) is 6.45. The van der Waals surface area contributed by atoms with Gasteiger partial charge in [-0.05, 0) is 19.3 Å². The zero-order valence-corrected chi connectivity index (χ0v) is 11.6. The standard InChI is InChI=1S/C13H21N3O3/c1-4-19-11(9(2)3)5-6-14-12-8-15-10(7-16-12)13(17)18/h7-9,11H,4-6H2,1-3H3,(H,14,16)(H,17,18). The summed E-state index contributed by atoms with van der Waals surface area (Å²) in [5.74, 6) is -0.0403. The van der Waals surface area contributed by atoms with Crippen molar-refractivity contribution >= 4 is 11.8 Å². The third-order valence-corrected chi connectivity index (χ3v) is 2.73. The van der Waals surface area contributed by atoms with Gasteiger partial charge in [0, 0.05) is 13.2 Å². The Bertz CT molecular complexity index is 393. The molecule has 0 saturated carbocycles. The van der Waals surface area contributed by atoms with Gasteiger partial charge in [0.15, 0.2) is 5.69 Å². The first-order valence-electron chi connectivity index (χ1n) is 6.45. The minimum atomic E-state index is -1.07. The van der Waals surface area contributed by atoms with Crippen LogP contribution in [0, 0.1) is 5.92 Å². The maximum atomic E-state index is 10.6. The largest absolute Gasteiger partial charge is 0.476 e. The van der Waals surface area contributed by atoms with Crippen molar-refractivity contribution in [1.29, 1.82) is 0 Å². The smallest absolute Gasteiger partial charge is 0.356 e. The molecule has 0 fully saturated rings. The molecule has 1 aromatic rings. The number of nitrogens with zero attached hydrogens (tertiary/aromatic N) is 2. The SMILES string of the molecule is CCOC(CCNc1cnc(C(=O)O)cn1)C(C)C. The molecule has 1 aromatic heterocycles. The number of aromatic carboxylic acids is 1. The van der Waals surface area contributed by atoms with Gasteiger partial charge in [0.2, 0.25) is 0 Å². The summed E-state index contributed by atoms with van der Waals surface area (Å²) in [5, 5.41) is 11.8. The van der Waals surface area contributed by atoms with E-state index in [1.807, 2.05) is 6.92 Å². The highest BCUT2D eigenvalue weighted by Crippen LogP contribution is 2.11. The van der Waals surface area contributed by atoms with Crippen molar-refractivity contribution in [3.8, 4) is 0 Å². The fourth-order valence-corrected chi connectivity index (χ4v) is 1.70. The van der Waals surface area contributed by atoms with Crippen LogP contribution in [0.2, 0.25) is 0 Å². The molecule has 1 heterocycles. The molecular formula is C13H21N3O3. The van der Waals surface area contributed by atoms with Gasteiger partial charge in [-0.15, -0.1) is 0 Å². The molecule has 0 radical (unpaired) electrons. The summed E-state index contributed by atoms with van der Waals surface area (Å²) >= 11 is 0. The second kappa shape index (κ2) is 7.68. The van der Waals surface area contributed by atoms with E-state index in [0.29, 0.717) is 24.9 Å². The van der Waals surface area contributed by atoms with Crippen molar-refractivity contribution < 1.29 is 14.6 Å². The first kappa shape index (κ1) is 15.4. The van der Waals surface area contributed by atoms with Crippen molar-refractivity contribution in [2.24, 2.45) is 5.92 Å². The number of ether oxygens (including phenoxy) is 1. The first-order chi connectivity index (χ1) is 9.04. The number of aromatic nitrogens is 2. The van der Waals surface area contributed by atoms with Gasteiger partial charge in [0.25, 0.3) is 0 Å². The summed E-state index contributed by atoms with van der Waals surface area (Å²) in [6, 6.07) is 0. The molecule has 6 heteroatoms. The molecule has 0 saturated heterocycles. The molecule has 106 valence electrons. The summed E-state index contributed by atoms with van der Waals surface area (Å²) in [7, 11) is 0. The van der Waals surface area contributed by atoms with Crippen LogP contribution in [0.25, 0.3) is 0 Å². The highest BCUT2D eigenvalue weighted by molar-refractivity contribution is 5.84. The van der Waals surface area contributed by atoms with E-state index in [0.717, 1.165) is 6.42 Å². The van der Waals surface area contributed by atoms with Gasteiger partial charge < -0.3 is 15.2 Å². The van der Waals surface area contributed by atoms with Gasteiger partial charge in [-0.3, -0.25) is 0 Å². The predicted octanol–water partition coefficient (Wildman–Crippen LogP) is 2.04. The molecule has 0 aromatic carbocycles. The van der Waals surface area contributed by atoms with Gasteiger partial charge >= 0.3 is 5.97 Å². The maximum absolute atomic E-state index is 10.6. The molecule has 1 rings (SSSR count). The van der Waals surface area contributed by atoms with Crippen molar-refractivity contribution in [1.82, 2.24) is 9.97 Å². The summed E-state index contributed by atoms with van der Waals surface area (Å²) in [6.07, 6.45) is 3.75. The number of anilines is 1. The third kappa shape index (κ3) is 5.21. The maximum Gasteiger partial charge on any atom is 0.356 e. The summed E-state index contributed by atoms with van der Waals surface area (Å²) in [5.41, 5.74) is -0.0556. The number of hydrogen-bond donors (Lipinski definition) is 2. The van der Waals surface area contributed by atoms with Crippen molar-refractivity contribution in [2.45, 2.75) is 33.3 Å². The van der Waals surface area contributed by atoms with Crippen LogP contribution in [0.15, 0.2) is 12.4 Å². The normalized spacial score (nSPS) is 12.4. The fourth-order valence-electron chi connectivity index (χ4n) is 1.70. The Morgan fingerprint density at radius 3 is 2.63 bits per heavy atom. The van der Waals surface area contributed by atoms with Crippen molar-refractivity contribution in [3.63, 3.8) is 0 Å². The molecule has 0 aliphatic heterocycles. The molecule has 0 amide bonds. The lowest BCUT2D eigenvalue weighted by molar-refractivity contribution is 0.0272. The van der Waals surface area contributed by atoms with Gasteiger partial charge in [-0.2, -0.15) is 0 Å². The van der Waals surface area contributed by atoms with Crippen molar-refractivity contribution in [3.05, 3.63) is 18.1 Å². The van der Waals surface area contributed by atoms with Crippen molar-refractivity contribution in [2.75, 3.05) is 18.5 Å². The number of carboxylic acids is 1. The predicted molar refractivity (Wildman–Crippen MR) is 72.4 cm³/mol. The van der Waals surface area contributed by atoms with Crippen LogP contribution in [0.5, 0.6) is 0 Å². The van der Waals surface area contributed by atoms with Gasteiger partial charge in [0.05, 0.1) is 18.5 Å². The fraction of sp³-hybridized carbons (Fsp3) is 0.615. The second-order valence-corrected chi connectivity index (χ2v) is 4.55. The molecule has 0 spiro atoms. The minimum Gasteiger partial charge on any atom is -0.476 e. The molecule has 2 N–H and O–H groups in total. The average Bonchev–Trinajstić information content (AvgIpc) is 2.38. The van der Waals surface area contributed by atoms with E-state index in [1.54, 1.807) is 0 Å². The van der Waals surface area contributed by atoms with Gasteiger partial charge in [0.1, 0.15) is 5.82 Å². The van der Waals surface area contributed by atoms with Crippen LogP contribution in [0.1, 0.15) is 37.7 Å². The van der Waals surface area contributed by atoms with E-state index in [9.17, 15) is 4.79 Å². The molecule has 19 heavy (non-hydrogen) atoms. The van der Waals surface area contributed by atoms with E-state index in [-0.39, 0.29) is 11.8 Å². The van der Waals surface area contributed by atoms with E-state index >= 15 is 0 Å². The van der Waals surface area contributed by atoms with Gasteiger partial charge in [-0.1, -0.05) is 13.8 Å². The van der Waals surface area contributed by atoms with Crippen LogP contribution in [0.4, 0.5) is 5.82 Å². The Balaban J connectivity index is 2.41.